The van der Waals surface area contributed by atoms with Gasteiger partial charge in [-0.25, -0.2) is 0 Å². The van der Waals surface area contributed by atoms with Crippen LogP contribution in [-0.4, -0.2) is 25.7 Å². The van der Waals surface area contributed by atoms with Crippen molar-refractivity contribution in [2.45, 2.75) is 34.1 Å². The Kier molecular flexibility index (Phi) is 7.09. The second-order valence-electron chi connectivity index (χ2n) is 5.56. The molecule has 3 N–H and O–H groups in total. The molecule has 4 heteroatoms. The van der Waals surface area contributed by atoms with Gasteiger partial charge in [0.1, 0.15) is 0 Å². The van der Waals surface area contributed by atoms with Gasteiger partial charge in [-0.3, -0.25) is 4.99 Å². The van der Waals surface area contributed by atoms with E-state index >= 15 is 0 Å². The summed E-state index contributed by atoms with van der Waals surface area (Å²) in [5, 5.41) is 3.10. The first-order valence-electron chi connectivity index (χ1n) is 7.20. The number of aryl methyl sites for hydroxylation is 2. The predicted octanol–water partition coefficient (Wildman–Crippen LogP) is 3.09. The Morgan fingerprint density at radius 1 is 1.20 bits per heavy atom. The molecule has 0 bridgehead atoms. The minimum Gasteiger partial charge on any atom is -0.380 e. The maximum Gasteiger partial charge on any atom is 0.193 e. The van der Waals surface area contributed by atoms with Crippen LogP contribution in [0.25, 0.3) is 0 Å². The van der Waals surface area contributed by atoms with Crippen molar-refractivity contribution < 1.29 is 4.74 Å². The van der Waals surface area contributed by atoms with Crippen LogP contribution in [0.2, 0.25) is 0 Å². The number of anilines is 1. The first kappa shape index (κ1) is 16.5. The molecule has 0 heterocycles. The average molecular weight is 277 g/mol. The maximum absolute atomic E-state index is 5.85. The molecule has 0 saturated carbocycles. The van der Waals surface area contributed by atoms with E-state index in [0.29, 0.717) is 25.0 Å². The van der Waals surface area contributed by atoms with Crippen molar-refractivity contribution in [2.75, 3.05) is 25.1 Å². The smallest absolute Gasteiger partial charge is 0.193 e. The van der Waals surface area contributed by atoms with Crippen LogP contribution in [0.15, 0.2) is 23.2 Å². The van der Waals surface area contributed by atoms with Crippen molar-refractivity contribution >= 4 is 11.6 Å². The first-order valence-corrected chi connectivity index (χ1v) is 7.20. The van der Waals surface area contributed by atoms with Crippen LogP contribution >= 0.6 is 0 Å². The molecule has 0 amide bonds. The van der Waals surface area contributed by atoms with Gasteiger partial charge in [0.05, 0.1) is 13.2 Å². The lowest BCUT2D eigenvalue weighted by Gasteiger charge is -2.08. The molecule has 0 unspecified atom stereocenters. The van der Waals surface area contributed by atoms with Gasteiger partial charge in [-0.05, 0) is 49.4 Å². The second kappa shape index (κ2) is 8.59. The van der Waals surface area contributed by atoms with Gasteiger partial charge in [-0.1, -0.05) is 19.9 Å². The number of aliphatic imine (C=N–C) groups is 1. The lowest BCUT2D eigenvalue weighted by molar-refractivity contribution is 0.131. The van der Waals surface area contributed by atoms with E-state index in [1.54, 1.807) is 0 Å². The van der Waals surface area contributed by atoms with Gasteiger partial charge in [-0.2, -0.15) is 0 Å². The predicted molar refractivity (Wildman–Crippen MR) is 86.3 cm³/mol. The van der Waals surface area contributed by atoms with Gasteiger partial charge >= 0.3 is 0 Å². The van der Waals surface area contributed by atoms with E-state index in [-0.39, 0.29) is 0 Å². The highest BCUT2D eigenvalue weighted by molar-refractivity contribution is 5.92. The Morgan fingerprint density at radius 3 is 2.45 bits per heavy atom. The summed E-state index contributed by atoms with van der Waals surface area (Å²) in [6.45, 7) is 10.5. The van der Waals surface area contributed by atoms with Gasteiger partial charge < -0.3 is 15.8 Å². The third-order valence-corrected chi connectivity index (χ3v) is 2.85. The van der Waals surface area contributed by atoms with Crippen LogP contribution in [-0.2, 0) is 4.74 Å². The van der Waals surface area contributed by atoms with Gasteiger partial charge in [-0.15, -0.1) is 0 Å². The number of nitrogens with one attached hydrogen (secondary N) is 1. The SMILES string of the molecule is Cc1cc(C)cc(NC(N)=NCCOCCC(C)C)c1. The van der Waals surface area contributed by atoms with Gasteiger partial charge in [0.25, 0.3) is 0 Å². The Bertz CT molecular complexity index is 421. The molecular weight excluding hydrogens is 250 g/mol. The fourth-order valence-electron chi connectivity index (χ4n) is 1.89. The highest BCUT2D eigenvalue weighted by Gasteiger charge is 1.98. The van der Waals surface area contributed by atoms with Crippen LogP contribution < -0.4 is 11.1 Å². The van der Waals surface area contributed by atoms with Gasteiger partial charge in [0, 0.05) is 12.3 Å². The number of hydrogen-bond donors (Lipinski definition) is 2. The molecule has 4 nitrogen and oxygen atoms in total. The van der Waals surface area contributed by atoms with Crippen LogP contribution in [0, 0.1) is 19.8 Å². The molecular formula is C16H27N3O. The lowest BCUT2D eigenvalue weighted by Crippen LogP contribution is -2.23. The van der Waals surface area contributed by atoms with Crippen molar-refractivity contribution in [1.29, 1.82) is 0 Å². The zero-order valence-electron chi connectivity index (χ0n) is 13.1. The number of nitrogens with two attached hydrogens (primary N) is 1. The third-order valence-electron chi connectivity index (χ3n) is 2.85. The number of nitrogens with zero attached hydrogens (tertiary/aromatic N) is 1. The summed E-state index contributed by atoms with van der Waals surface area (Å²) in [6.07, 6.45) is 1.08. The number of hydrogen-bond acceptors (Lipinski definition) is 2. The molecule has 0 aliphatic carbocycles. The highest BCUT2D eigenvalue weighted by Crippen LogP contribution is 2.13. The summed E-state index contributed by atoms with van der Waals surface area (Å²) in [7, 11) is 0. The molecule has 0 fully saturated rings. The quantitative estimate of drug-likeness (QED) is 0.457. The van der Waals surface area contributed by atoms with Crippen molar-refractivity contribution in [3.8, 4) is 0 Å². The number of rotatable bonds is 7. The Morgan fingerprint density at radius 2 is 1.85 bits per heavy atom. The number of benzene rings is 1. The highest BCUT2D eigenvalue weighted by atomic mass is 16.5. The van der Waals surface area contributed by atoms with Crippen LogP contribution in [0.5, 0.6) is 0 Å². The summed E-state index contributed by atoms with van der Waals surface area (Å²) >= 11 is 0. The Hall–Kier alpha value is -1.55. The maximum atomic E-state index is 5.85. The van der Waals surface area contributed by atoms with E-state index in [0.717, 1.165) is 18.7 Å². The molecule has 0 aliphatic heterocycles. The second-order valence-corrected chi connectivity index (χ2v) is 5.56. The van der Waals surface area contributed by atoms with Crippen molar-refractivity contribution in [3.05, 3.63) is 29.3 Å². The zero-order chi connectivity index (χ0) is 15.0. The summed E-state index contributed by atoms with van der Waals surface area (Å²) in [5.74, 6) is 1.11. The van der Waals surface area contributed by atoms with E-state index in [1.807, 2.05) is 0 Å². The largest absolute Gasteiger partial charge is 0.380 e. The molecule has 0 saturated heterocycles. The zero-order valence-corrected chi connectivity index (χ0v) is 13.1. The first-order chi connectivity index (χ1) is 9.47. The fourth-order valence-corrected chi connectivity index (χ4v) is 1.89. The molecule has 0 radical (unpaired) electrons. The van der Waals surface area contributed by atoms with E-state index in [9.17, 15) is 0 Å². The number of guanidine groups is 1. The fraction of sp³-hybridized carbons (Fsp3) is 0.562. The van der Waals surface area contributed by atoms with E-state index < -0.39 is 0 Å². The Labute approximate surface area is 122 Å². The molecule has 20 heavy (non-hydrogen) atoms. The molecule has 0 spiro atoms. The monoisotopic (exact) mass is 277 g/mol. The van der Waals surface area contributed by atoms with Crippen molar-refractivity contribution in [2.24, 2.45) is 16.6 Å². The molecule has 112 valence electrons. The molecule has 1 aromatic carbocycles. The van der Waals surface area contributed by atoms with E-state index in [1.165, 1.54) is 11.1 Å². The molecule has 0 atom stereocenters. The van der Waals surface area contributed by atoms with Gasteiger partial charge in [0.15, 0.2) is 5.96 Å². The van der Waals surface area contributed by atoms with Crippen LogP contribution in [0.4, 0.5) is 5.69 Å². The van der Waals surface area contributed by atoms with Crippen LogP contribution in [0.3, 0.4) is 0 Å². The molecule has 1 aromatic rings. The molecule has 1 rings (SSSR count). The van der Waals surface area contributed by atoms with Gasteiger partial charge in [0.2, 0.25) is 0 Å². The lowest BCUT2D eigenvalue weighted by atomic mass is 10.1. The third kappa shape index (κ3) is 7.14. The topological polar surface area (TPSA) is 59.6 Å². The minimum atomic E-state index is 0.433. The normalized spacial score (nSPS) is 11.9. The minimum absolute atomic E-state index is 0.433. The molecule has 0 aromatic heterocycles. The Balaban J connectivity index is 2.31. The van der Waals surface area contributed by atoms with E-state index in [4.69, 9.17) is 10.5 Å². The van der Waals surface area contributed by atoms with Crippen molar-refractivity contribution in [3.63, 3.8) is 0 Å². The average Bonchev–Trinajstić information content (AvgIpc) is 2.31. The number of ether oxygens (including phenoxy) is 1. The summed E-state index contributed by atoms with van der Waals surface area (Å²) in [4.78, 5) is 4.25. The summed E-state index contributed by atoms with van der Waals surface area (Å²) in [5.41, 5.74) is 9.24. The van der Waals surface area contributed by atoms with E-state index in [2.05, 4.69) is 56.2 Å². The van der Waals surface area contributed by atoms with Crippen molar-refractivity contribution in [1.82, 2.24) is 0 Å². The summed E-state index contributed by atoms with van der Waals surface area (Å²) < 4.78 is 5.49. The standard InChI is InChI=1S/C16H27N3O/c1-12(2)5-7-20-8-6-18-16(17)19-15-10-13(3)9-14(4)11-15/h9-12H,5-8H2,1-4H3,(H3,17,18,19). The molecule has 0 aliphatic rings. The van der Waals surface area contributed by atoms with Crippen LogP contribution in [0.1, 0.15) is 31.4 Å². The summed E-state index contributed by atoms with van der Waals surface area (Å²) in [6, 6.07) is 6.23.